The standard InChI is InChI=1S/C7H19O6P3/c1-7(2)11-15(5,9)13-16(6,10)12-14(3,4)8/h7H,1-6H3. The number of rotatable bonds is 6. The van der Waals surface area contributed by atoms with Gasteiger partial charge in [0.05, 0.1) is 6.10 Å². The summed E-state index contributed by atoms with van der Waals surface area (Å²) in [6.45, 7) is 8.26. The maximum absolute atomic E-state index is 11.8. The highest BCUT2D eigenvalue weighted by atomic mass is 31.3. The summed E-state index contributed by atoms with van der Waals surface area (Å²) in [5.41, 5.74) is 0. The third-order valence-corrected chi connectivity index (χ3v) is 6.98. The van der Waals surface area contributed by atoms with Crippen molar-refractivity contribution in [3.05, 3.63) is 0 Å². The highest BCUT2D eigenvalue weighted by Crippen LogP contribution is 2.67. The normalized spacial score (nSPS) is 20.4. The van der Waals surface area contributed by atoms with Crippen LogP contribution in [0.1, 0.15) is 13.8 Å². The molecule has 0 saturated heterocycles. The predicted octanol–water partition coefficient (Wildman–Crippen LogP) is 3.63. The van der Waals surface area contributed by atoms with Gasteiger partial charge in [0.25, 0.3) is 0 Å². The van der Waals surface area contributed by atoms with Gasteiger partial charge in [-0.1, -0.05) is 0 Å². The van der Waals surface area contributed by atoms with Gasteiger partial charge in [-0.3, -0.25) is 18.0 Å². The minimum absolute atomic E-state index is 0.328. The summed E-state index contributed by atoms with van der Waals surface area (Å²) < 4.78 is 49.4. The maximum Gasteiger partial charge on any atom is 0.340 e. The second-order valence-corrected chi connectivity index (χ2v) is 11.2. The molecule has 6 nitrogen and oxygen atoms in total. The molecule has 0 amide bonds. The molecule has 0 aliphatic heterocycles. The van der Waals surface area contributed by atoms with Crippen LogP contribution >= 0.6 is 22.6 Å². The Kier molecular flexibility index (Phi) is 5.67. The molecule has 0 radical (unpaired) electrons. The van der Waals surface area contributed by atoms with E-state index in [9.17, 15) is 13.7 Å². The van der Waals surface area contributed by atoms with Crippen molar-refractivity contribution in [2.75, 3.05) is 26.7 Å². The quantitative estimate of drug-likeness (QED) is 0.695. The lowest BCUT2D eigenvalue weighted by Gasteiger charge is -2.22. The Bertz CT molecular complexity index is 370. The molecule has 98 valence electrons. The largest absolute Gasteiger partial charge is 0.340 e. The van der Waals surface area contributed by atoms with E-state index >= 15 is 0 Å². The Morgan fingerprint density at radius 3 is 1.56 bits per heavy atom. The molecule has 2 atom stereocenters. The van der Waals surface area contributed by atoms with E-state index in [0.29, 0.717) is 0 Å². The van der Waals surface area contributed by atoms with E-state index in [1.54, 1.807) is 13.8 Å². The molecule has 0 fully saturated rings. The summed E-state index contributed by atoms with van der Waals surface area (Å²) in [5, 5.41) is 0. The molecular formula is C7H19O6P3. The molecule has 0 saturated carbocycles. The molecule has 0 heterocycles. The van der Waals surface area contributed by atoms with Crippen molar-refractivity contribution in [3.63, 3.8) is 0 Å². The Hall–Kier alpha value is 0.570. The second-order valence-electron chi connectivity index (χ2n) is 4.11. The molecule has 0 N–H and O–H groups in total. The third-order valence-electron chi connectivity index (χ3n) is 1.04. The zero-order valence-corrected chi connectivity index (χ0v) is 13.1. The van der Waals surface area contributed by atoms with E-state index in [-0.39, 0.29) is 6.10 Å². The van der Waals surface area contributed by atoms with Crippen molar-refractivity contribution in [1.29, 1.82) is 0 Å². The van der Waals surface area contributed by atoms with Gasteiger partial charge in [-0.2, -0.15) is 0 Å². The fourth-order valence-electron chi connectivity index (χ4n) is 1.04. The average molecular weight is 292 g/mol. The summed E-state index contributed by atoms with van der Waals surface area (Å²) in [5.74, 6) is 0. The van der Waals surface area contributed by atoms with Gasteiger partial charge in [-0.15, -0.1) is 0 Å². The summed E-state index contributed by atoms with van der Waals surface area (Å²) in [6.07, 6.45) is -0.328. The molecule has 0 spiro atoms. The predicted molar refractivity (Wildman–Crippen MR) is 64.9 cm³/mol. The summed E-state index contributed by atoms with van der Waals surface area (Å²) >= 11 is 0. The van der Waals surface area contributed by atoms with E-state index in [4.69, 9.17) is 13.1 Å². The van der Waals surface area contributed by atoms with E-state index < -0.39 is 22.6 Å². The summed E-state index contributed by atoms with van der Waals surface area (Å²) in [4.78, 5) is 0. The Balaban J connectivity index is 4.65. The van der Waals surface area contributed by atoms with Crippen LogP contribution in [0.4, 0.5) is 0 Å². The van der Waals surface area contributed by atoms with Crippen LogP contribution in [-0.2, 0) is 26.8 Å². The van der Waals surface area contributed by atoms with Gasteiger partial charge < -0.3 is 4.52 Å². The molecular weight excluding hydrogens is 273 g/mol. The van der Waals surface area contributed by atoms with Crippen LogP contribution in [0.25, 0.3) is 0 Å². The fourth-order valence-corrected chi connectivity index (χ4v) is 7.36. The van der Waals surface area contributed by atoms with Gasteiger partial charge in [0.15, 0.2) is 0 Å². The first-order chi connectivity index (χ1) is 6.83. The van der Waals surface area contributed by atoms with Crippen LogP contribution in [0.5, 0.6) is 0 Å². The topological polar surface area (TPSA) is 78.9 Å². The minimum Gasteiger partial charge on any atom is -0.306 e. The van der Waals surface area contributed by atoms with Crippen molar-refractivity contribution < 1.29 is 26.8 Å². The molecule has 0 aliphatic rings. The van der Waals surface area contributed by atoms with Crippen molar-refractivity contribution in [3.8, 4) is 0 Å². The SMILES string of the molecule is CC(C)OP(C)(=O)OP(C)(=O)OP(C)(C)=O. The lowest BCUT2D eigenvalue weighted by molar-refractivity contribution is 0.209. The Morgan fingerprint density at radius 2 is 1.25 bits per heavy atom. The van der Waals surface area contributed by atoms with E-state index in [0.717, 1.165) is 6.66 Å². The van der Waals surface area contributed by atoms with E-state index in [2.05, 4.69) is 0 Å². The average Bonchev–Trinajstić information content (AvgIpc) is 1.69. The van der Waals surface area contributed by atoms with Crippen molar-refractivity contribution in [2.24, 2.45) is 0 Å². The molecule has 9 heteroatoms. The van der Waals surface area contributed by atoms with E-state index in [1.807, 2.05) is 0 Å². The van der Waals surface area contributed by atoms with Crippen LogP contribution in [0.2, 0.25) is 0 Å². The van der Waals surface area contributed by atoms with Crippen LogP contribution < -0.4 is 0 Å². The van der Waals surface area contributed by atoms with Crippen LogP contribution in [0.3, 0.4) is 0 Å². The smallest absolute Gasteiger partial charge is 0.306 e. The molecule has 0 rings (SSSR count). The Morgan fingerprint density at radius 1 is 0.812 bits per heavy atom. The number of hydrogen-bond acceptors (Lipinski definition) is 6. The van der Waals surface area contributed by atoms with Crippen molar-refractivity contribution >= 4 is 22.6 Å². The number of hydrogen-bond donors (Lipinski definition) is 0. The first-order valence-electron chi connectivity index (χ1n) is 4.64. The first kappa shape index (κ1) is 16.6. The van der Waals surface area contributed by atoms with Crippen LogP contribution in [0.15, 0.2) is 0 Å². The maximum atomic E-state index is 11.8. The monoisotopic (exact) mass is 292 g/mol. The second kappa shape index (κ2) is 5.48. The van der Waals surface area contributed by atoms with Crippen molar-refractivity contribution in [1.82, 2.24) is 0 Å². The Labute approximate surface area is 96.6 Å². The highest BCUT2D eigenvalue weighted by Gasteiger charge is 2.33. The molecule has 0 aromatic rings. The lowest BCUT2D eigenvalue weighted by atomic mass is 10.5. The fraction of sp³-hybridized carbons (Fsp3) is 1.00. The third kappa shape index (κ3) is 8.69. The molecule has 16 heavy (non-hydrogen) atoms. The molecule has 0 aromatic heterocycles. The lowest BCUT2D eigenvalue weighted by Crippen LogP contribution is -2.02. The van der Waals surface area contributed by atoms with Gasteiger partial charge in [0.2, 0.25) is 7.37 Å². The highest BCUT2D eigenvalue weighted by molar-refractivity contribution is 7.73. The van der Waals surface area contributed by atoms with Gasteiger partial charge in [-0.25, -0.2) is 4.31 Å². The zero-order valence-electron chi connectivity index (χ0n) is 10.4. The first-order valence-corrected chi connectivity index (χ1v) is 11.1. The zero-order chi connectivity index (χ0) is 13.2. The summed E-state index contributed by atoms with van der Waals surface area (Å²) in [7, 11) is -10.1. The van der Waals surface area contributed by atoms with Gasteiger partial charge in [0, 0.05) is 26.7 Å². The molecule has 0 bridgehead atoms. The van der Waals surface area contributed by atoms with Crippen LogP contribution in [-0.4, -0.2) is 32.8 Å². The van der Waals surface area contributed by atoms with Gasteiger partial charge in [0.1, 0.15) is 0 Å². The van der Waals surface area contributed by atoms with Gasteiger partial charge in [-0.05, 0) is 13.8 Å². The molecule has 0 aromatic carbocycles. The summed E-state index contributed by atoms with van der Waals surface area (Å²) in [6, 6.07) is 0. The van der Waals surface area contributed by atoms with Crippen molar-refractivity contribution in [2.45, 2.75) is 20.0 Å². The molecule has 0 aliphatic carbocycles. The minimum atomic E-state index is -3.64. The van der Waals surface area contributed by atoms with Gasteiger partial charge >= 0.3 is 15.2 Å². The molecule has 2 unspecified atom stereocenters. The van der Waals surface area contributed by atoms with E-state index in [1.165, 1.54) is 20.0 Å². The van der Waals surface area contributed by atoms with Crippen LogP contribution in [0, 0.1) is 0 Å².